The predicted octanol–water partition coefficient (Wildman–Crippen LogP) is 2.51. The van der Waals surface area contributed by atoms with Gasteiger partial charge in [0, 0.05) is 6.07 Å². The van der Waals surface area contributed by atoms with Crippen molar-refractivity contribution in [2.45, 2.75) is 26.1 Å². The second kappa shape index (κ2) is 5.27. The summed E-state index contributed by atoms with van der Waals surface area (Å²) in [5.41, 5.74) is -0.0454. The van der Waals surface area contributed by atoms with Crippen molar-refractivity contribution in [2.75, 3.05) is 0 Å². The molecule has 0 bridgehead atoms. The van der Waals surface area contributed by atoms with Crippen LogP contribution >= 0.6 is 15.9 Å². The Morgan fingerprint density at radius 3 is 2.62 bits per heavy atom. The Hall–Kier alpha value is -1.14. The molecule has 16 heavy (non-hydrogen) atoms. The summed E-state index contributed by atoms with van der Waals surface area (Å²) in [5.74, 6) is 0.350. The zero-order valence-corrected chi connectivity index (χ0v) is 10.5. The van der Waals surface area contributed by atoms with Gasteiger partial charge in [0.2, 0.25) is 0 Å². The van der Waals surface area contributed by atoms with Gasteiger partial charge in [0.1, 0.15) is 11.9 Å². The molecule has 1 N–H and O–H groups in total. The Morgan fingerprint density at radius 2 is 2.12 bits per heavy atom. The summed E-state index contributed by atoms with van der Waals surface area (Å²) < 4.78 is 6.01. The average molecular weight is 290 g/mol. The Labute approximate surface area is 101 Å². The van der Waals surface area contributed by atoms with Crippen LogP contribution in [0.3, 0.4) is 0 Å². The third-order valence-electron chi connectivity index (χ3n) is 2.12. The molecule has 5 nitrogen and oxygen atoms in total. The number of aliphatic hydroxyl groups is 1. The lowest BCUT2D eigenvalue weighted by Gasteiger charge is -2.17. The van der Waals surface area contributed by atoms with Crippen molar-refractivity contribution >= 4 is 21.6 Å². The van der Waals surface area contributed by atoms with E-state index >= 15 is 0 Å². The van der Waals surface area contributed by atoms with Gasteiger partial charge >= 0.3 is 0 Å². The highest BCUT2D eigenvalue weighted by Crippen LogP contribution is 2.30. The van der Waals surface area contributed by atoms with E-state index < -0.39 is 17.1 Å². The first-order valence-corrected chi connectivity index (χ1v) is 5.49. The summed E-state index contributed by atoms with van der Waals surface area (Å²) in [4.78, 5) is 10.1. The molecule has 2 unspecified atom stereocenters. The van der Waals surface area contributed by atoms with Crippen molar-refractivity contribution in [3.8, 4) is 5.75 Å². The molecule has 0 aliphatic carbocycles. The third-order valence-corrected chi connectivity index (χ3v) is 2.77. The number of ether oxygens (including phenoxy) is 1. The van der Waals surface area contributed by atoms with Gasteiger partial charge in [-0.05, 0) is 35.8 Å². The standard InChI is InChI=1S/C10H12BrNO4/c1-6(13)7(2)16-10-5-8(12(14)15)3-4-9(10)11/h3-7,13H,1-2H3. The van der Waals surface area contributed by atoms with Crippen molar-refractivity contribution in [1.82, 2.24) is 0 Å². The lowest BCUT2D eigenvalue weighted by molar-refractivity contribution is -0.385. The maximum Gasteiger partial charge on any atom is 0.273 e. The Kier molecular flexibility index (Phi) is 4.26. The maximum atomic E-state index is 10.6. The van der Waals surface area contributed by atoms with Gasteiger partial charge in [-0.25, -0.2) is 0 Å². The van der Waals surface area contributed by atoms with E-state index in [4.69, 9.17) is 4.74 Å². The highest BCUT2D eigenvalue weighted by molar-refractivity contribution is 9.10. The number of nitrogens with zero attached hydrogens (tertiary/aromatic N) is 1. The summed E-state index contributed by atoms with van der Waals surface area (Å²) in [6.45, 7) is 3.28. The van der Waals surface area contributed by atoms with Crippen LogP contribution in [0.4, 0.5) is 5.69 Å². The fourth-order valence-electron chi connectivity index (χ4n) is 0.995. The Balaban J connectivity index is 2.94. The van der Waals surface area contributed by atoms with Crippen LogP contribution in [0.15, 0.2) is 22.7 Å². The van der Waals surface area contributed by atoms with Crippen LogP contribution in [0.25, 0.3) is 0 Å². The second-order valence-corrected chi connectivity index (χ2v) is 4.29. The number of aliphatic hydroxyl groups excluding tert-OH is 1. The molecule has 0 fully saturated rings. The first kappa shape index (κ1) is 12.9. The normalized spacial score (nSPS) is 14.2. The van der Waals surface area contributed by atoms with Gasteiger partial charge in [0.05, 0.1) is 21.6 Å². The molecule has 6 heteroatoms. The Bertz CT molecular complexity index is 394. The maximum absolute atomic E-state index is 10.6. The fourth-order valence-corrected chi connectivity index (χ4v) is 1.33. The number of hydrogen-bond donors (Lipinski definition) is 1. The molecule has 88 valence electrons. The molecule has 1 rings (SSSR count). The van der Waals surface area contributed by atoms with Gasteiger partial charge in [-0.3, -0.25) is 10.1 Å². The minimum Gasteiger partial charge on any atom is -0.487 e. The largest absolute Gasteiger partial charge is 0.487 e. The van der Waals surface area contributed by atoms with Crippen LogP contribution in [-0.2, 0) is 0 Å². The van der Waals surface area contributed by atoms with E-state index in [1.807, 2.05) is 0 Å². The first-order chi connectivity index (χ1) is 7.41. The first-order valence-electron chi connectivity index (χ1n) is 4.70. The number of non-ortho nitro benzene ring substituents is 1. The van der Waals surface area contributed by atoms with Crippen molar-refractivity contribution < 1.29 is 14.8 Å². The third kappa shape index (κ3) is 3.18. The van der Waals surface area contributed by atoms with Gasteiger partial charge in [-0.15, -0.1) is 0 Å². The van der Waals surface area contributed by atoms with Crippen LogP contribution < -0.4 is 4.74 Å². The Morgan fingerprint density at radius 1 is 1.50 bits per heavy atom. The molecule has 0 saturated heterocycles. The van der Waals surface area contributed by atoms with E-state index in [9.17, 15) is 15.2 Å². The zero-order chi connectivity index (χ0) is 12.3. The van der Waals surface area contributed by atoms with Gasteiger partial charge in [0.25, 0.3) is 5.69 Å². The fraction of sp³-hybridized carbons (Fsp3) is 0.400. The zero-order valence-electron chi connectivity index (χ0n) is 8.88. The van der Waals surface area contributed by atoms with Crippen LogP contribution in [0, 0.1) is 10.1 Å². The molecule has 1 aromatic rings. The van der Waals surface area contributed by atoms with E-state index in [0.717, 1.165) is 0 Å². The number of hydrogen-bond acceptors (Lipinski definition) is 4. The SMILES string of the molecule is CC(O)C(C)Oc1cc([N+](=O)[O-])ccc1Br. The van der Waals surface area contributed by atoms with Crippen molar-refractivity contribution in [3.05, 3.63) is 32.8 Å². The molecule has 0 saturated carbocycles. The molecule has 0 heterocycles. The quantitative estimate of drug-likeness (QED) is 0.683. The monoisotopic (exact) mass is 289 g/mol. The molecule has 0 aliphatic heterocycles. The molecule has 0 spiro atoms. The lowest BCUT2D eigenvalue weighted by Crippen LogP contribution is -2.25. The number of rotatable bonds is 4. The van der Waals surface area contributed by atoms with Crippen molar-refractivity contribution in [3.63, 3.8) is 0 Å². The topological polar surface area (TPSA) is 72.6 Å². The molecule has 0 radical (unpaired) electrons. The number of benzene rings is 1. The highest BCUT2D eigenvalue weighted by atomic mass is 79.9. The summed E-state index contributed by atoms with van der Waals surface area (Å²) in [5, 5.41) is 19.8. The number of halogens is 1. The van der Waals surface area contributed by atoms with E-state index in [2.05, 4.69) is 15.9 Å². The number of nitro benzene ring substituents is 1. The van der Waals surface area contributed by atoms with Crippen molar-refractivity contribution in [1.29, 1.82) is 0 Å². The lowest BCUT2D eigenvalue weighted by atomic mass is 10.2. The van der Waals surface area contributed by atoms with E-state index in [0.29, 0.717) is 10.2 Å². The van der Waals surface area contributed by atoms with E-state index in [1.165, 1.54) is 12.1 Å². The summed E-state index contributed by atoms with van der Waals surface area (Å²) in [7, 11) is 0. The van der Waals surface area contributed by atoms with Crippen LogP contribution in [0.1, 0.15) is 13.8 Å². The van der Waals surface area contributed by atoms with E-state index in [1.54, 1.807) is 19.9 Å². The summed E-state index contributed by atoms with van der Waals surface area (Å²) in [6, 6.07) is 4.25. The molecular formula is C10H12BrNO4. The molecule has 1 aromatic carbocycles. The van der Waals surface area contributed by atoms with Gasteiger partial charge in [0.15, 0.2) is 0 Å². The molecule has 0 amide bonds. The van der Waals surface area contributed by atoms with Crippen molar-refractivity contribution in [2.24, 2.45) is 0 Å². The number of nitro groups is 1. The molecule has 2 atom stereocenters. The smallest absolute Gasteiger partial charge is 0.273 e. The van der Waals surface area contributed by atoms with Gasteiger partial charge < -0.3 is 9.84 Å². The summed E-state index contributed by atoms with van der Waals surface area (Å²) >= 11 is 3.23. The molecular weight excluding hydrogens is 278 g/mol. The minimum atomic E-state index is -0.647. The highest BCUT2D eigenvalue weighted by Gasteiger charge is 2.15. The van der Waals surface area contributed by atoms with Crippen LogP contribution in [0.5, 0.6) is 5.75 Å². The molecule has 0 aliphatic rings. The predicted molar refractivity (Wildman–Crippen MR) is 62.6 cm³/mol. The van der Waals surface area contributed by atoms with Gasteiger partial charge in [-0.1, -0.05) is 0 Å². The summed E-state index contributed by atoms with van der Waals surface area (Å²) in [6.07, 6.45) is -1.08. The minimum absolute atomic E-state index is 0.0454. The average Bonchev–Trinajstić information content (AvgIpc) is 2.20. The van der Waals surface area contributed by atoms with Crippen LogP contribution in [-0.4, -0.2) is 22.2 Å². The van der Waals surface area contributed by atoms with Crippen LogP contribution in [0.2, 0.25) is 0 Å². The van der Waals surface area contributed by atoms with Gasteiger partial charge in [-0.2, -0.15) is 0 Å². The molecule has 0 aromatic heterocycles. The van der Waals surface area contributed by atoms with E-state index in [-0.39, 0.29) is 5.69 Å². The second-order valence-electron chi connectivity index (χ2n) is 3.44.